The van der Waals surface area contributed by atoms with E-state index < -0.39 is 0 Å². The maximum Gasteiger partial charge on any atom is 0.290 e. The molecule has 0 saturated heterocycles. The van der Waals surface area contributed by atoms with Crippen LogP contribution in [0.2, 0.25) is 0 Å². The molecule has 0 bridgehead atoms. The average Bonchev–Trinajstić information content (AvgIpc) is 2.70. The Morgan fingerprint density at radius 1 is 0.926 bits per heavy atom. The molecule has 138 valence electrons. The van der Waals surface area contributed by atoms with Gasteiger partial charge in [0.25, 0.3) is 5.91 Å². The van der Waals surface area contributed by atoms with E-state index in [2.05, 4.69) is 61.6 Å². The van der Waals surface area contributed by atoms with Crippen molar-refractivity contribution in [1.82, 2.24) is 0 Å². The standard InChI is InChI=1S/C24H26N2O/c1-3-19(2)22-11-7-8-12-23(22)25-24(27)18-26-15-13-21(14-16-26)17-20-9-5-4-6-10-20/h4-16,19H,3,17-18H2,1-2H3/p+1/t19-/m0/s1. The first kappa shape index (κ1) is 18.8. The molecule has 0 aliphatic heterocycles. The Hall–Kier alpha value is -2.94. The number of pyridine rings is 1. The first-order valence-electron chi connectivity index (χ1n) is 9.56. The lowest BCUT2D eigenvalue weighted by Crippen LogP contribution is -2.39. The van der Waals surface area contributed by atoms with Gasteiger partial charge in [-0.15, -0.1) is 0 Å². The predicted molar refractivity (Wildman–Crippen MR) is 110 cm³/mol. The summed E-state index contributed by atoms with van der Waals surface area (Å²) >= 11 is 0. The number of hydrogen-bond donors (Lipinski definition) is 1. The molecule has 0 aliphatic carbocycles. The number of amides is 1. The van der Waals surface area contributed by atoms with Crippen molar-refractivity contribution in [3.8, 4) is 0 Å². The summed E-state index contributed by atoms with van der Waals surface area (Å²) < 4.78 is 1.91. The molecule has 0 spiro atoms. The number of para-hydroxylation sites is 1. The lowest BCUT2D eigenvalue weighted by molar-refractivity contribution is -0.684. The Kier molecular flexibility index (Phi) is 6.37. The van der Waals surface area contributed by atoms with E-state index in [4.69, 9.17) is 0 Å². The Balaban J connectivity index is 1.62. The minimum Gasteiger partial charge on any atom is -0.320 e. The Morgan fingerprint density at radius 3 is 2.26 bits per heavy atom. The molecule has 3 nitrogen and oxygen atoms in total. The lowest BCUT2D eigenvalue weighted by atomic mass is 9.97. The minimum atomic E-state index is -0.00781. The van der Waals surface area contributed by atoms with Crippen LogP contribution in [0.5, 0.6) is 0 Å². The van der Waals surface area contributed by atoms with Crippen LogP contribution >= 0.6 is 0 Å². The van der Waals surface area contributed by atoms with E-state index >= 15 is 0 Å². The monoisotopic (exact) mass is 359 g/mol. The van der Waals surface area contributed by atoms with E-state index in [9.17, 15) is 4.79 Å². The SMILES string of the molecule is CC[C@H](C)c1ccccc1NC(=O)C[n+]1ccc(Cc2ccccc2)cc1. The van der Waals surface area contributed by atoms with Gasteiger partial charge in [-0.25, -0.2) is 0 Å². The number of anilines is 1. The molecule has 0 fully saturated rings. The molecule has 3 rings (SSSR count). The van der Waals surface area contributed by atoms with Gasteiger partial charge in [0.2, 0.25) is 6.54 Å². The third kappa shape index (κ3) is 5.27. The van der Waals surface area contributed by atoms with Gasteiger partial charge in [0.05, 0.1) is 0 Å². The maximum absolute atomic E-state index is 12.5. The normalized spacial score (nSPS) is 11.8. The fraction of sp³-hybridized carbons (Fsp3) is 0.250. The van der Waals surface area contributed by atoms with Gasteiger partial charge in [0.1, 0.15) is 0 Å². The van der Waals surface area contributed by atoms with Crippen LogP contribution in [-0.2, 0) is 17.8 Å². The minimum absolute atomic E-state index is 0.00781. The zero-order valence-corrected chi connectivity index (χ0v) is 16.1. The highest BCUT2D eigenvalue weighted by Gasteiger charge is 2.14. The highest BCUT2D eigenvalue weighted by atomic mass is 16.1. The van der Waals surface area contributed by atoms with E-state index in [-0.39, 0.29) is 5.91 Å². The third-order valence-corrected chi connectivity index (χ3v) is 4.92. The predicted octanol–water partition coefficient (Wildman–Crippen LogP) is 4.72. The summed E-state index contributed by atoms with van der Waals surface area (Å²) in [6, 6.07) is 22.6. The molecular formula is C24H27N2O+. The number of hydrogen-bond acceptors (Lipinski definition) is 1. The summed E-state index contributed by atoms with van der Waals surface area (Å²) in [5, 5.41) is 3.07. The van der Waals surface area contributed by atoms with Gasteiger partial charge in [-0.1, -0.05) is 62.4 Å². The topological polar surface area (TPSA) is 33.0 Å². The highest BCUT2D eigenvalue weighted by molar-refractivity contribution is 5.90. The van der Waals surface area contributed by atoms with Crippen molar-refractivity contribution in [2.45, 2.75) is 39.2 Å². The van der Waals surface area contributed by atoms with Crippen molar-refractivity contribution in [3.05, 3.63) is 95.8 Å². The lowest BCUT2D eigenvalue weighted by Gasteiger charge is -2.15. The van der Waals surface area contributed by atoms with Crippen molar-refractivity contribution in [3.63, 3.8) is 0 Å². The zero-order valence-electron chi connectivity index (χ0n) is 16.1. The quantitative estimate of drug-likeness (QED) is 0.609. The molecule has 27 heavy (non-hydrogen) atoms. The van der Waals surface area contributed by atoms with Crippen molar-refractivity contribution in [1.29, 1.82) is 0 Å². The van der Waals surface area contributed by atoms with Crippen molar-refractivity contribution >= 4 is 11.6 Å². The molecule has 1 N–H and O–H groups in total. The summed E-state index contributed by atoms with van der Waals surface area (Å²) in [5.74, 6) is 0.415. The van der Waals surface area contributed by atoms with E-state index in [1.165, 1.54) is 16.7 Å². The molecular weight excluding hydrogens is 332 g/mol. The number of nitrogens with zero attached hydrogens (tertiary/aromatic N) is 1. The highest BCUT2D eigenvalue weighted by Crippen LogP contribution is 2.26. The molecule has 1 atom stereocenters. The van der Waals surface area contributed by atoms with E-state index in [0.29, 0.717) is 12.5 Å². The van der Waals surface area contributed by atoms with Crippen LogP contribution in [0.15, 0.2) is 79.1 Å². The molecule has 2 aromatic carbocycles. The second kappa shape index (κ2) is 9.13. The van der Waals surface area contributed by atoms with Gasteiger partial charge < -0.3 is 5.32 Å². The fourth-order valence-corrected chi connectivity index (χ4v) is 3.16. The zero-order chi connectivity index (χ0) is 19.1. The van der Waals surface area contributed by atoms with Crippen LogP contribution in [0.4, 0.5) is 5.69 Å². The summed E-state index contributed by atoms with van der Waals surface area (Å²) in [7, 11) is 0. The maximum atomic E-state index is 12.5. The third-order valence-electron chi connectivity index (χ3n) is 4.92. The second-order valence-electron chi connectivity index (χ2n) is 6.99. The van der Waals surface area contributed by atoms with Crippen LogP contribution in [0.25, 0.3) is 0 Å². The molecule has 3 heteroatoms. The first-order chi connectivity index (χ1) is 13.2. The smallest absolute Gasteiger partial charge is 0.290 e. The van der Waals surface area contributed by atoms with Gasteiger partial charge in [-0.3, -0.25) is 4.79 Å². The van der Waals surface area contributed by atoms with Crippen molar-refractivity contribution in [2.24, 2.45) is 0 Å². The second-order valence-corrected chi connectivity index (χ2v) is 6.99. The number of nitrogens with one attached hydrogen (secondary N) is 1. The number of benzene rings is 2. The van der Waals surface area contributed by atoms with E-state index in [0.717, 1.165) is 18.5 Å². The summed E-state index contributed by atoms with van der Waals surface area (Å²) in [4.78, 5) is 12.5. The van der Waals surface area contributed by atoms with Gasteiger partial charge in [0, 0.05) is 17.8 Å². The van der Waals surface area contributed by atoms with Gasteiger partial charge >= 0.3 is 0 Å². The molecule has 1 aromatic heterocycles. The molecule has 0 aliphatic rings. The van der Waals surface area contributed by atoms with Crippen LogP contribution in [0.3, 0.4) is 0 Å². The van der Waals surface area contributed by atoms with Crippen LogP contribution in [-0.4, -0.2) is 5.91 Å². The van der Waals surface area contributed by atoms with Gasteiger partial charge in [0.15, 0.2) is 12.4 Å². The number of aromatic nitrogens is 1. The molecule has 0 unspecified atom stereocenters. The largest absolute Gasteiger partial charge is 0.320 e. The molecule has 3 aromatic rings. The first-order valence-corrected chi connectivity index (χ1v) is 9.56. The Morgan fingerprint density at radius 2 is 1.56 bits per heavy atom. The van der Waals surface area contributed by atoms with Crippen LogP contribution in [0.1, 0.15) is 42.9 Å². The summed E-state index contributed by atoms with van der Waals surface area (Å²) in [6.07, 6.45) is 5.89. The van der Waals surface area contributed by atoms with Crippen LogP contribution in [0, 0.1) is 0 Å². The van der Waals surface area contributed by atoms with Gasteiger partial charge in [-0.05, 0) is 41.5 Å². The number of carbonyl (C=O) groups is 1. The van der Waals surface area contributed by atoms with E-state index in [1.807, 2.05) is 41.2 Å². The molecule has 1 heterocycles. The van der Waals surface area contributed by atoms with E-state index in [1.54, 1.807) is 0 Å². The van der Waals surface area contributed by atoms with Crippen molar-refractivity contribution in [2.75, 3.05) is 5.32 Å². The average molecular weight is 359 g/mol. The Bertz CT molecular complexity index is 872. The summed E-state index contributed by atoms with van der Waals surface area (Å²) in [5.41, 5.74) is 4.63. The Labute approximate surface area is 161 Å². The van der Waals surface area contributed by atoms with Crippen LogP contribution < -0.4 is 9.88 Å². The fourth-order valence-electron chi connectivity index (χ4n) is 3.16. The summed E-state index contributed by atoms with van der Waals surface area (Å²) in [6.45, 7) is 4.65. The van der Waals surface area contributed by atoms with Gasteiger partial charge in [-0.2, -0.15) is 4.57 Å². The molecule has 0 radical (unpaired) electrons. The number of rotatable bonds is 7. The number of carbonyl (C=O) groups excluding carboxylic acids is 1. The van der Waals surface area contributed by atoms with Crippen molar-refractivity contribution < 1.29 is 9.36 Å². The molecule has 1 amide bonds. The molecule has 0 saturated carbocycles.